The van der Waals surface area contributed by atoms with Crippen molar-refractivity contribution in [1.29, 1.82) is 0 Å². The Hall–Kier alpha value is -0.610. The SMILES string of the molecule is CCCCOC1(OCCCC)CCCOC1=O. The van der Waals surface area contributed by atoms with Gasteiger partial charge in [-0.25, -0.2) is 4.79 Å². The largest absolute Gasteiger partial charge is 0.462 e. The number of hydrogen-bond donors (Lipinski definition) is 0. The molecule has 0 bridgehead atoms. The fourth-order valence-electron chi connectivity index (χ4n) is 1.75. The van der Waals surface area contributed by atoms with Crippen molar-refractivity contribution in [3.63, 3.8) is 0 Å². The smallest absolute Gasteiger partial charge is 0.366 e. The number of ether oxygens (including phenoxy) is 3. The summed E-state index contributed by atoms with van der Waals surface area (Å²) in [7, 11) is 0. The summed E-state index contributed by atoms with van der Waals surface area (Å²) in [6, 6.07) is 0. The van der Waals surface area contributed by atoms with Gasteiger partial charge in [0.2, 0.25) is 0 Å². The first-order chi connectivity index (χ1) is 8.25. The van der Waals surface area contributed by atoms with Crippen molar-refractivity contribution in [3.05, 3.63) is 0 Å². The van der Waals surface area contributed by atoms with E-state index in [0.29, 0.717) is 26.2 Å². The van der Waals surface area contributed by atoms with Crippen LogP contribution in [0.25, 0.3) is 0 Å². The number of carbonyl (C=O) groups is 1. The lowest BCUT2D eigenvalue weighted by Crippen LogP contribution is -2.49. The van der Waals surface area contributed by atoms with Gasteiger partial charge in [-0.15, -0.1) is 0 Å². The molecule has 1 aliphatic rings. The zero-order valence-electron chi connectivity index (χ0n) is 11.0. The third kappa shape index (κ3) is 4.28. The summed E-state index contributed by atoms with van der Waals surface area (Å²) in [6.45, 7) is 5.77. The fourth-order valence-corrected chi connectivity index (χ4v) is 1.75. The van der Waals surface area contributed by atoms with E-state index in [-0.39, 0.29) is 5.97 Å². The molecule has 0 saturated carbocycles. The summed E-state index contributed by atoms with van der Waals surface area (Å²) in [4.78, 5) is 11.8. The molecular formula is C13H24O4. The third-order valence-corrected chi connectivity index (χ3v) is 2.86. The first-order valence-electron chi connectivity index (χ1n) is 6.70. The van der Waals surface area contributed by atoms with Gasteiger partial charge in [0.1, 0.15) is 0 Å². The zero-order valence-corrected chi connectivity index (χ0v) is 11.0. The molecule has 0 aromatic rings. The highest BCUT2D eigenvalue weighted by Crippen LogP contribution is 2.27. The van der Waals surface area contributed by atoms with E-state index in [1.165, 1.54) is 0 Å². The summed E-state index contributed by atoms with van der Waals surface area (Å²) < 4.78 is 16.4. The molecule has 17 heavy (non-hydrogen) atoms. The molecule has 1 fully saturated rings. The Morgan fingerprint density at radius 1 is 1.18 bits per heavy atom. The molecule has 1 saturated heterocycles. The quantitative estimate of drug-likeness (QED) is 0.374. The number of hydrogen-bond acceptors (Lipinski definition) is 4. The zero-order chi connectivity index (χ0) is 12.6. The average Bonchev–Trinajstić information content (AvgIpc) is 2.33. The molecule has 0 N–H and O–H groups in total. The molecule has 4 nitrogen and oxygen atoms in total. The van der Waals surface area contributed by atoms with Gasteiger partial charge in [0.15, 0.2) is 0 Å². The predicted molar refractivity (Wildman–Crippen MR) is 64.6 cm³/mol. The Balaban J connectivity index is 2.51. The van der Waals surface area contributed by atoms with Crippen molar-refractivity contribution >= 4 is 5.97 Å². The summed E-state index contributed by atoms with van der Waals surface area (Å²) in [5, 5.41) is 0. The number of rotatable bonds is 8. The minimum atomic E-state index is -1.12. The second kappa shape index (κ2) is 7.67. The van der Waals surface area contributed by atoms with Crippen molar-refractivity contribution < 1.29 is 19.0 Å². The van der Waals surface area contributed by atoms with Gasteiger partial charge >= 0.3 is 5.97 Å². The highest BCUT2D eigenvalue weighted by Gasteiger charge is 2.44. The number of esters is 1. The minimum Gasteiger partial charge on any atom is -0.462 e. The molecule has 100 valence electrons. The summed E-state index contributed by atoms with van der Waals surface area (Å²) in [5.74, 6) is -1.47. The summed E-state index contributed by atoms with van der Waals surface area (Å²) in [5.41, 5.74) is 0. The maximum Gasteiger partial charge on any atom is 0.366 e. The highest BCUT2D eigenvalue weighted by atomic mass is 16.7. The van der Waals surface area contributed by atoms with Gasteiger partial charge in [0, 0.05) is 6.42 Å². The van der Waals surface area contributed by atoms with Crippen LogP contribution in [0.5, 0.6) is 0 Å². The molecule has 1 rings (SSSR count). The molecule has 1 aliphatic heterocycles. The van der Waals surface area contributed by atoms with Crippen LogP contribution in [-0.4, -0.2) is 31.6 Å². The fraction of sp³-hybridized carbons (Fsp3) is 0.923. The van der Waals surface area contributed by atoms with Gasteiger partial charge < -0.3 is 14.2 Å². The van der Waals surface area contributed by atoms with E-state index in [1.54, 1.807) is 0 Å². The van der Waals surface area contributed by atoms with Crippen LogP contribution in [-0.2, 0) is 19.0 Å². The normalized spacial score (nSPS) is 19.1. The van der Waals surface area contributed by atoms with E-state index >= 15 is 0 Å². The van der Waals surface area contributed by atoms with Crippen LogP contribution in [0.4, 0.5) is 0 Å². The van der Waals surface area contributed by atoms with Gasteiger partial charge in [-0.05, 0) is 19.3 Å². The Morgan fingerprint density at radius 3 is 2.24 bits per heavy atom. The molecule has 0 radical (unpaired) electrons. The van der Waals surface area contributed by atoms with Gasteiger partial charge in [-0.1, -0.05) is 26.7 Å². The Morgan fingerprint density at radius 2 is 1.76 bits per heavy atom. The van der Waals surface area contributed by atoms with E-state index in [0.717, 1.165) is 32.1 Å². The summed E-state index contributed by atoms with van der Waals surface area (Å²) >= 11 is 0. The molecule has 4 heteroatoms. The average molecular weight is 244 g/mol. The third-order valence-electron chi connectivity index (χ3n) is 2.86. The van der Waals surface area contributed by atoms with Crippen LogP contribution in [0.2, 0.25) is 0 Å². The van der Waals surface area contributed by atoms with Crippen LogP contribution < -0.4 is 0 Å². The number of cyclic esters (lactones) is 1. The topological polar surface area (TPSA) is 44.8 Å². The monoisotopic (exact) mass is 244 g/mol. The number of unbranched alkanes of at least 4 members (excludes halogenated alkanes) is 2. The van der Waals surface area contributed by atoms with E-state index in [1.807, 2.05) is 0 Å². The molecule has 0 amide bonds. The molecule has 0 aromatic heterocycles. The van der Waals surface area contributed by atoms with Crippen molar-refractivity contribution in [2.75, 3.05) is 19.8 Å². The second-order valence-electron chi connectivity index (χ2n) is 4.40. The van der Waals surface area contributed by atoms with Crippen LogP contribution in [0.3, 0.4) is 0 Å². The van der Waals surface area contributed by atoms with Crippen LogP contribution in [0.1, 0.15) is 52.4 Å². The van der Waals surface area contributed by atoms with Crippen LogP contribution in [0, 0.1) is 0 Å². The Kier molecular flexibility index (Phi) is 6.52. The van der Waals surface area contributed by atoms with Gasteiger partial charge in [0.25, 0.3) is 5.79 Å². The highest BCUT2D eigenvalue weighted by molar-refractivity contribution is 5.78. The maximum atomic E-state index is 11.8. The van der Waals surface area contributed by atoms with Gasteiger partial charge in [-0.2, -0.15) is 0 Å². The molecule has 0 atom stereocenters. The number of carbonyl (C=O) groups excluding carboxylic acids is 1. The van der Waals surface area contributed by atoms with Gasteiger partial charge in [0.05, 0.1) is 19.8 Å². The van der Waals surface area contributed by atoms with E-state index in [4.69, 9.17) is 14.2 Å². The van der Waals surface area contributed by atoms with E-state index in [2.05, 4.69) is 13.8 Å². The Labute approximate surface area is 104 Å². The standard InChI is InChI=1S/C13H24O4/c1-3-5-10-16-13(17-11-6-4-2)8-7-9-15-12(13)14/h3-11H2,1-2H3. The molecule has 0 unspecified atom stereocenters. The molecule has 1 heterocycles. The predicted octanol–water partition coefficient (Wildman–Crippen LogP) is 2.65. The maximum absolute atomic E-state index is 11.8. The first kappa shape index (κ1) is 14.5. The molecule has 0 spiro atoms. The van der Waals surface area contributed by atoms with Crippen molar-refractivity contribution in [2.45, 2.75) is 58.2 Å². The van der Waals surface area contributed by atoms with Crippen molar-refractivity contribution in [2.24, 2.45) is 0 Å². The second-order valence-corrected chi connectivity index (χ2v) is 4.40. The van der Waals surface area contributed by atoms with Crippen molar-refractivity contribution in [1.82, 2.24) is 0 Å². The molecule has 0 aliphatic carbocycles. The first-order valence-corrected chi connectivity index (χ1v) is 6.70. The van der Waals surface area contributed by atoms with E-state index < -0.39 is 5.79 Å². The van der Waals surface area contributed by atoms with Gasteiger partial charge in [-0.3, -0.25) is 0 Å². The van der Waals surface area contributed by atoms with Crippen LogP contribution in [0.15, 0.2) is 0 Å². The molecule has 0 aromatic carbocycles. The lowest BCUT2D eigenvalue weighted by Gasteiger charge is -2.34. The van der Waals surface area contributed by atoms with E-state index in [9.17, 15) is 4.79 Å². The minimum absolute atomic E-state index is 0.351. The lowest BCUT2D eigenvalue weighted by atomic mass is 10.1. The lowest BCUT2D eigenvalue weighted by molar-refractivity contribution is -0.261. The van der Waals surface area contributed by atoms with Crippen LogP contribution >= 0.6 is 0 Å². The summed E-state index contributed by atoms with van der Waals surface area (Å²) in [6.07, 6.45) is 5.38. The van der Waals surface area contributed by atoms with Crippen molar-refractivity contribution in [3.8, 4) is 0 Å². The Bertz CT molecular complexity index is 217. The molecular weight excluding hydrogens is 220 g/mol.